The molecule has 1 rings (SSSR count). The molecule has 0 heterocycles. The first kappa shape index (κ1) is 15.0. The lowest BCUT2D eigenvalue weighted by Gasteiger charge is -2.09. The smallest absolute Gasteiger partial charge is 0.211 e. The average molecular weight is 232 g/mol. The number of hydrogen-bond acceptors (Lipinski definition) is 4. The predicted molar refractivity (Wildman–Crippen MR) is 66.2 cm³/mol. The van der Waals surface area contributed by atoms with E-state index >= 15 is 0 Å². The van der Waals surface area contributed by atoms with Crippen molar-refractivity contribution in [3.63, 3.8) is 0 Å². The molecule has 0 aromatic heterocycles. The summed E-state index contributed by atoms with van der Waals surface area (Å²) in [5, 5.41) is 0. The number of carbonyl (C=O) groups excluding carboxylic acids is 2. The Morgan fingerprint density at radius 1 is 1.00 bits per heavy atom. The topological polar surface area (TPSA) is 58.9 Å². The van der Waals surface area contributed by atoms with Crippen molar-refractivity contribution in [1.29, 1.82) is 0 Å². The summed E-state index contributed by atoms with van der Waals surface area (Å²) >= 11 is 0. The first-order valence-electron chi connectivity index (χ1n) is 4.93. The highest BCUT2D eigenvalue weighted by Crippen LogP contribution is 2.22. The van der Waals surface area contributed by atoms with Crippen LogP contribution in [0.3, 0.4) is 0 Å². The van der Waals surface area contributed by atoms with Gasteiger partial charge in [-0.15, -0.1) is 0 Å². The molecule has 90 valence electrons. The lowest BCUT2D eigenvalue weighted by atomic mass is 10.0. The van der Waals surface area contributed by atoms with Gasteiger partial charge in [0.25, 0.3) is 0 Å². The van der Waals surface area contributed by atoms with Crippen LogP contribution in [-0.2, 0) is 9.59 Å². The standard InChI is InChI=1S/C12H12N2O2.CH4/c1-9(13-7-15)11-4-3-5-12(6-11)10(2)14-8-16;/h3-6,9-10H,1-2H3;1H4. The largest absolute Gasteiger partial charge is 0.235 e. The third kappa shape index (κ3) is 4.15. The SMILES string of the molecule is C.CC(N=C=O)c1cccc(C(C)N=C=O)c1. The van der Waals surface area contributed by atoms with Crippen LogP contribution in [0.5, 0.6) is 0 Å². The molecule has 0 saturated heterocycles. The maximum atomic E-state index is 10.1. The highest BCUT2D eigenvalue weighted by molar-refractivity contribution is 5.38. The van der Waals surface area contributed by atoms with Crippen molar-refractivity contribution in [2.24, 2.45) is 9.98 Å². The van der Waals surface area contributed by atoms with Gasteiger partial charge >= 0.3 is 0 Å². The fraction of sp³-hybridized carbons (Fsp3) is 0.385. The molecule has 0 aliphatic rings. The number of rotatable bonds is 4. The predicted octanol–water partition coefficient (Wildman–Crippen LogP) is 3.12. The molecule has 1 aromatic rings. The molecule has 1 aromatic carbocycles. The Hall–Kier alpha value is -2.02. The number of benzene rings is 1. The molecule has 0 fully saturated rings. The van der Waals surface area contributed by atoms with Gasteiger partial charge in [-0.1, -0.05) is 31.7 Å². The summed E-state index contributed by atoms with van der Waals surface area (Å²) in [4.78, 5) is 27.6. The van der Waals surface area contributed by atoms with E-state index in [1.807, 2.05) is 24.3 Å². The molecule has 0 aliphatic heterocycles. The molecule has 2 unspecified atom stereocenters. The van der Waals surface area contributed by atoms with E-state index in [2.05, 4.69) is 9.98 Å². The van der Waals surface area contributed by atoms with Crippen LogP contribution in [0, 0.1) is 0 Å². The zero-order valence-electron chi connectivity index (χ0n) is 9.18. The molecule has 4 nitrogen and oxygen atoms in total. The van der Waals surface area contributed by atoms with E-state index in [9.17, 15) is 9.59 Å². The highest BCUT2D eigenvalue weighted by Gasteiger charge is 2.07. The molecule has 4 heteroatoms. The maximum absolute atomic E-state index is 10.1. The Balaban J connectivity index is 0.00000256. The molecule has 0 amide bonds. The molecular weight excluding hydrogens is 216 g/mol. The molecule has 2 atom stereocenters. The lowest BCUT2D eigenvalue weighted by Crippen LogP contribution is -1.94. The summed E-state index contributed by atoms with van der Waals surface area (Å²) in [6.45, 7) is 3.61. The number of nitrogens with zero attached hydrogens (tertiary/aromatic N) is 2. The maximum Gasteiger partial charge on any atom is 0.235 e. The van der Waals surface area contributed by atoms with Gasteiger partial charge in [0, 0.05) is 0 Å². The summed E-state index contributed by atoms with van der Waals surface area (Å²) in [5.41, 5.74) is 1.79. The Labute approximate surface area is 101 Å². The van der Waals surface area contributed by atoms with Crippen LogP contribution < -0.4 is 0 Å². The van der Waals surface area contributed by atoms with E-state index in [1.165, 1.54) is 12.2 Å². The monoisotopic (exact) mass is 232 g/mol. The van der Waals surface area contributed by atoms with Crippen molar-refractivity contribution in [2.75, 3.05) is 0 Å². The van der Waals surface area contributed by atoms with Gasteiger partial charge in [0.2, 0.25) is 12.2 Å². The molecule has 0 N–H and O–H groups in total. The van der Waals surface area contributed by atoms with Crippen LogP contribution in [0.2, 0.25) is 0 Å². The van der Waals surface area contributed by atoms with Crippen molar-refractivity contribution in [3.8, 4) is 0 Å². The van der Waals surface area contributed by atoms with Crippen molar-refractivity contribution in [2.45, 2.75) is 33.4 Å². The van der Waals surface area contributed by atoms with Crippen molar-refractivity contribution in [1.82, 2.24) is 0 Å². The van der Waals surface area contributed by atoms with E-state index < -0.39 is 0 Å². The Kier molecular flexibility index (Phi) is 6.42. The van der Waals surface area contributed by atoms with Crippen LogP contribution >= 0.6 is 0 Å². The summed E-state index contributed by atoms with van der Waals surface area (Å²) in [6.07, 6.45) is 3.06. The van der Waals surface area contributed by atoms with Gasteiger partial charge in [0.05, 0.1) is 12.1 Å². The number of isocyanates is 2. The van der Waals surface area contributed by atoms with Crippen LogP contribution in [-0.4, -0.2) is 12.2 Å². The second-order valence-corrected chi connectivity index (χ2v) is 3.46. The molecule has 0 saturated carbocycles. The number of hydrogen-bond donors (Lipinski definition) is 0. The van der Waals surface area contributed by atoms with E-state index in [0.717, 1.165) is 11.1 Å². The molecule has 0 spiro atoms. The minimum absolute atomic E-state index is 0. The van der Waals surface area contributed by atoms with Crippen LogP contribution in [0.4, 0.5) is 0 Å². The van der Waals surface area contributed by atoms with Gasteiger partial charge in [-0.05, 0) is 25.0 Å². The fourth-order valence-corrected chi connectivity index (χ4v) is 1.39. The third-order valence-corrected chi connectivity index (χ3v) is 2.37. The molecule has 0 bridgehead atoms. The van der Waals surface area contributed by atoms with E-state index in [4.69, 9.17) is 0 Å². The van der Waals surface area contributed by atoms with Gasteiger partial charge < -0.3 is 0 Å². The Morgan fingerprint density at radius 2 is 1.41 bits per heavy atom. The van der Waals surface area contributed by atoms with E-state index in [0.29, 0.717) is 0 Å². The van der Waals surface area contributed by atoms with Crippen molar-refractivity contribution in [3.05, 3.63) is 35.4 Å². The summed E-state index contributed by atoms with van der Waals surface area (Å²) in [5.74, 6) is 0. The van der Waals surface area contributed by atoms with Crippen LogP contribution in [0.1, 0.15) is 44.5 Å². The second-order valence-electron chi connectivity index (χ2n) is 3.46. The van der Waals surface area contributed by atoms with Gasteiger partial charge in [-0.3, -0.25) is 0 Å². The van der Waals surface area contributed by atoms with Gasteiger partial charge in [-0.2, -0.15) is 9.98 Å². The zero-order valence-corrected chi connectivity index (χ0v) is 9.18. The third-order valence-electron chi connectivity index (χ3n) is 2.37. The molecule has 0 radical (unpaired) electrons. The summed E-state index contributed by atoms with van der Waals surface area (Å²) in [7, 11) is 0. The highest BCUT2D eigenvalue weighted by atomic mass is 16.1. The van der Waals surface area contributed by atoms with Crippen molar-refractivity contribution >= 4 is 12.2 Å². The fourth-order valence-electron chi connectivity index (χ4n) is 1.39. The first-order chi connectivity index (χ1) is 7.69. The van der Waals surface area contributed by atoms with Gasteiger partial charge in [0.15, 0.2) is 0 Å². The summed E-state index contributed by atoms with van der Waals surface area (Å²) < 4.78 is 0. The van der Waals surface area contributed by atoms with E-state index in [1.54, 1.807) is 13.8 Å². The van der Waals surface area contributed by atoms with Crippen LogP contribution in [0.15, 0.2) is 34.3 Å². The number of aliphatic imine (C=N–C) groups is 2. The van der Waals surface area contributed by atoms with E-state index in [-0.39, 0.29) is 19.5 Å². The van der Waals surface area contributed by atoms with Gasteiger partial charge in [-0.25, -0.2) is 9.59 Å². The Bertz CT molecular complexity index is 419. The normalized spacial score (nSPS) is 12.4. The zero-order chi connectivity index (χ0) is 12.0. The molecule has 17 heavy (non-hydrogen) atoms. The minimum Gasteiger partial charge on any atom is -0.211 e. The second kappa shape index (κ2) is 7.29. The minimum atomic E-state index is -0.232. The van der Waals surface area contributed by atoms with Crippen LogP contribution in [0.25, 0.3) is 0 Å². The molecule has 0 aliphatic carbocycles. The first-order valence-corrected chi connectivity index (χ1v) is 4.93. The summed E-state index contributed by atoms with van der Waals surface area (Å²) in [6, 6.07) is 6.99. The van der Waals surface area contributed by atoms with Gasteiger partial charge in [0.1, 0.15) is 0 Å². The molecular formula is C13H16N2O2. The lowest BCUT2D eigenvalue weighted by molar-refractivity contribution is 0.559. The average Bonchev–Trinajstić information content (AvgIpc) is 2.30. The Morgan fingerprint density at radius 3 is 1.76 bits per heavy atom. The van der Waals surface area contributed by atoms with Crippen molar-refractivity contribution < 1.29 is 9.59 Å². The quantitative estimate of drug-likeness (QED) is 0.591.